The number of urea groups is 1. The normalized spacial score (nSPS) is 19.6. The molecule has 0 radical (unpaired) electrons. The Hall–Kier alpha value is -4.00. The van der Waals surface area contributed by atoms with Crippen LogP contribution in [0, 0.1) is 6.92 Å². The van der Waals surface area contributed by atoms with Gasteiger partial charge in [-0.25, -0.2) is 4.79 Å². The average Bonchev–Trinajstić information content (AvgIpc) is 3.25. The third-order valence-corrected chi connectivity index (χ3v) is 7.62. The summed E-state index contributed by atoms with van der Waals surface area (Å²) in [5.41, 5.74) is 3.99. The molecule has 218 valence electrons. The number of benzene rings is 2. The highest BCUT2D eigenvalue weighted by Crippen LogP contribution is 2.29. The molecule has 5 rings (SSSR count). The van der Waals surface area contributed by atoms with Crippen LogP contribution in [-0.4, -0.2) is 76.8 Å². The average molecular weight is 585 g/mol. The number of rotatable bonds is 7. The molecule has 3 heterocycles. The molecule has 3 aliphatic rings. The van der Waals surface area contributed by atoms with E-state index in [4.69, 9.17) is 0 Å². The summed E-state index contributed by atoms with van der Waals surface area (Å²) in [5.74, 6) is -1.98. The fourth-order valence-electron chi connectivity index (χ4n) is 5.53. The molecule has 0 aromatic heterocycles. The molecule has 41 heavy (non-hydrogen) atoms. The third-order valence-electron chi connectivity index (χ3n) is 7.62. The molecule has 13 heteroatoms. The van der Waals surface area contributed by atoms with E-state index in [0.717, 1.165) is 29.8 Å². The molecule has 2 fully saturated rings. The number of piperazine rings is 1. The van der Waals surface area contributed by atoms with Crippen molar-refractivity contribution in [2.45, 2.75) is 44.9 Å². The van der Waals surface area contributed by atoms with E-state index in [1.807, 2.05) is 17.9 Å². The number of anilines is 1. The number of halogens is 1. The van der Waals surface area contributed by atoms with Crippen LogP contribution < -0.4 is 21.3 Å². The van der Waals surface area contributed by atoms with Crippen LogP contribution in [-0.2, 0) is 27.5 Å². The van der Waals surface area contributed by atoms with Crippen molar-refractivity contribution in [2.75, 3.05) is 31.5 Å². The summed E-state index contributed by atoms with van der Waals surface area (Å²) < 4.78 is 0. The lowest BCUT2D eigenvalue weighted by Gasteiger charge is -2.33. The highest BCUT2D eigenvalue weighted by atomic mass is 35.5. The molecule has 2 saturated heterocycles. The van der Waals surface area contributed by atoms with E-state index < -0.39 is 30.0 Å². The number of nitrogens with one attached hydrogen (secondary N) is 4. The van der Waals surface area contributed by atoms with Crippen LogP contribution in [0.4, 0.5) is 10.5 Å². The first-order valence-electron chi connectivity index (χ1n) is 13.3. The number of hydrogen-bond donors (Lipinski definition) is 5. The molecule has 0 bridgehead atoms. The lowest BCUT2D eigenvalue weighted by molar-refractivity contribution is -0.144. The van der Waals surface area contributed by atoms with Crippen LogP contribution in [0.2, 0.25) is 0 Å². The minimum Gasteiger partial charge on any atom is -0.480 e. The first kappa shape index (κ1) is 30.0. The van der Waals surface area contributed by atoms with E-state index in [9.17, 15) is 29.1 Å². The maximum Gasteiger partial charge on any atom is 0.325 e. The number of imide groups is 1. The summed E-state index contributed by atoms with van der Waals surface area (Å²) in [7, 11) is 0. The number of nitrogens with zero attached hydrogens (tertiary/aromatic N) is 2. The van der Waals surface area contributed by atoms with Gasteiger partial charge in [-0.05, 0) is 53.8 Å². The van der Waals surface area contributed by atoms with E-state index in [1.165, 1.54) is 4.90 Å². The number of carboxylic acid groups (broad SMARTS) is 1. The maximum atomic E-state index is 12.9. The van der Waals surface area contributed by atoms with Gasteiger partial charge < -0.3 is 26.0 Å². The van der Waals surface area contributed by atoms with Gasteiger partial charge in [-0.3, -0.25) is 29.4 Å². The predicted octanol–water partition coefficient (Wildman–Crippen LogP) is 1.53. The molecule has 0 saturated carbocycles. The number of fused-ring (bicyclic) bond motifs is 1. The van der Waals surface area contributed by atoms with Gasteiger partial charge in [0.25, 0.3) is 5.91 Å². The van der Waals surface area contributed by atoms with Crippen LogP contribution in [0.3, 0.4) is 0 Å². The number of aliphatic carboxylic acids is 1. The second-order valence-electron chi connectivity index (χ2n) is 10.3. The number of carbonyl (C=O) groups excluding carboxylic acids is 4. The molecule has 2 aromatic carbocycles. The smallest absolute Gasteiger partial charge is 0.325 e. The van der Waals surface area contributed by atoms with Crippen LogP contribution >= 0.6 is 12.4 Å². The molecule has 0 spiro atoms. The predicted molar refractivity (Wildman–Crippen MR) is 152 cm³/mol. The molecule has 5 N–H and O–H groups in total. The number of piperidine rings is 1. The van der Waals surface area contributed by atoms with Gasteiger partial charge in [0.15, 0.2) is 0 Å². The number of amides is 5. The zero-order valence-electron chi connectivity index (χ0n) is 22.6. The van der Waals surface area contributed by atoms with Crippen LogP contribution in [0.5, 0.6) is 0 Å². The zero-order valence-corrected chi connectivity index (χ0v) is 23.4. The minimum atomic E-state index is -0.933. The van der Waals surface area contributed by atoms with Crippen LogP contribution in [0.15, 0.2) is 36.4 Å². The molecule has 5 amide bonds. The van der Waals surface area contributed by atoms with Gasteiger partial charge in [0.05, 0.1) is 0 Å². The summed E-state index contributed by atoms with van der Waals surface area (Å²) in [6.07, 6.45) is 0.484. The van der Waals surface area contributed by atoms with Crippen molar-refractivity contribution in [3.8, 4) is 0 Å². The summed E-state index contributed by atoms with van der Waals surface area (Å²) in [6.45, 7) is 4.98. The van der Waals surface area contributed by atoms with E-state index in [0.29, 0.717) is 36.3 Å². The molecule has 12 nitrogen and oxygen atoms in total. The highest BCUT2D eigenvalue weighted by Gasteiger charge is 2.39. The van der Waals surface area contributed by atoms with Crippen molar-refractivity contribution in [1.29, 1.82) is 0 Å². The van der Waals surface area contributed by atoms with Gasteiger partial charge >= 0.3 is 12.0 Å². The van der Waals surface area contributed by atoms with Crippen molar-refractivity contribution < 1.29 is 29.1 Å². The van der Waals surface area contributed by atoms with Gasteiger partial charge in [0.1, 0.15) is 12.1 Å². The van der Waals surface area contributed by atoms with Crippen molar-refractivity contribution in [1.82, 2.24) is 25.8 Å². The Kier molecular flexibility index (Phi) is 9.26. The molecule has 3 aliphatic heterocycles. The lowest BCUT2D eigenvalue weighted by atomic mass is 9.98. The number of carbonyl (C=O) groups is 5. The van der Waals surface area contributed by atoms with Crippen molar-refractivity contribution in [3.05, 3.63) is 64.2 Å². The molecule has 2 aromatic rings. The van der Waals surface area contributed by atoms with Gasteiger partial charge in [0.2, 0.25) is 11.8 Å². The van der Waals surface area contributed by atoms with Crippen LogP contribution in [0.25, 0.3) is 0 Å². The Balaban J connectivity index is 0.00000387. The molecule has 2 unspecified atom stereocenters. The summed E-state index contributed by atoms with van der Waals surface area (Å²) >= 11 is 0. The van der Waals surface area contributed by atoms with Crippen LogP contribution in [0.1, 0.15) is 51.5 Å². The van der Waals surface area contributed by atoms with E-state index >= 15 is 0 Å². The largest absolute Gasteiger partial charge is 0.480 e. The van der Waals surface area contributed by atoms with Gasteiger partial charge in [0, 0.05) is 56.9 Å². The number of hydrogen-bond acceptors (Lipinski definition) is 7. The Morgan fingerprint density at radius 2 is 1.85 bits per heavy atom. The first-order chi connectivity index (χ1) is 19.2. The molecule has 0 aliphatic carbocycles. The molecular formula is C28H33ClN6O6. The summed E-state index contributed by atoms with van der Waals surface area (Å²) in [4.78, 5) is 64.9. The second-order valence-corrected chi connectivity index (χ2v) is 10.3. The maximum absolute atomic E-state index is 12.9. The number of aryl methyl sites for hydroxylation is 1. The topological polar surface area (TPSA) is 160 Å². The van der Waals surface area contributed by atoms with Gasteiger partial charge in [-0.15, -0.1) is 12.4 Å². The zero-order chi connectivity index (χ0) is 28.4. The van der Waals surface area contributed by atoms with E-state index in [1.54, 1.807) is 30.3 Å². The Bertz CT molecular complexity index is 1380. The highest BCUT2D eigenvalue weighted by molar-refractivity contribution is 6.05. The van der Waals surface area contributed by atoms with Crippen molar-refractivity contribution in [3.63, 3.8) is 0 Å². The SMILES string of the molecule is Cc1ccc(NC(=O)NCc2ccc3c(c2)CN(C2CCC(=O)NC2=O)C3=O)cc1C(C(=O)O)N1CCNCC1.Cl. The first-order valence-corrected chi connectivity index (χ1v) is 13.3. The van der Waals surface area contributed by atoms with E-state index in [2.05, 4.69) is 21.3 Å². The fraction of sp³-hybridized carbons (Fsp3) is 0.393. The minimum absolute atomic E-state index is 0. The lowest BCUT2D eigenvalue weighted by Crippen LogP contribution is -2.52. The quantitative estimate of drug-likeness (QED) is 0.306. The summed E-state index contributed by atoms with van der Waals surface area (Å²) in [6, 6.07) is 8.57. The molecular weight excluding hydrogens is 552 g/mol. The number of carboxylic acids is 1. The standard InChI is InChI=1S/C28H32N6O6.ClH/c1-16-2-4-19(13-21(16)24(27(38)39)33-10-8-29-9-11-33)31-28(40)30-14-17-3-5-20-18(12-17)15-34(26(20)37)22-6-7-23(35)32-25(22)36;/h2-5,12-13,22,24,29H,6-11,14-15H2,1H3,(H,38,39)(H2,30,31,40)(H,32,35,36);1H. The monoisotopic (exact) mass is 584 g/mol. The van der Waals surface area contributed by atoms with Crippen molar-refractivity contribution in [2.24, 2.45) is 0 Å². The summed E-state index contributed by atoms with van der Waals surface area (Å²) in [5, 5.41) is 21.1. The van der Waals surface area contributed by atoms with Gasteiger partial charge in [-0.2, -0.15) is 0 Å². The Labute approximate surface area is 243 Å². The fourth-order valence-corrected chi connectivity index (χ4v) is 5.53. The molecule has 2 atom stereocenters. The third kappa shape index (κ3) is 6.50. The van der Waals surface area contributed by atoms with E-state index in [-0.39, 0.29) is 43.7 Å². The van der Waals surface area contributed by atoms with Gasteiger partial charge in [-0.1, -0.05) is 18.2 Å². The second kappa shape index (κ2) is 12.7. The Morgan fingerprint density at radius 1 is 1.10 bits per heavy atom. The Morgan fingerprint density at radius 3 is 2.56 bits per heavy atom. The van der Waals surface area contributed by atoms with Crippen molar-refractivity contribution >= 4 is 47.8 Å².